The third kappa shape index (κ3) is 3.00. The molecule has 1 spiro atoms. The van der Waals surface area contributed by atoms with Crippen LogP contribution in [-0.4, -0.2) is 30.1 Å². The Hall–Kier alpha value is -0.640. The molecule has 1 saturated heterocycles. The molecule has 2 fully saturated rings. The third-order valence-electron chi connectivity index (χ3n) is 4.68. The van der Waals surface area contributed by atoms with Crippen molar-refractivity contribution in [2.45, 2.75) is 44.2 Å². The van der Waals surface area contributed by atoms with Crippen molar-refractivity contribution < 1.29 is 4.39 Å². The molecule has 1 aliphatic heterocycles. The third-order valence-corrected chi connectivity index (χ3v) is 5.04. The maximum atomic E-state index is 13.9. The fourth-order valence-corrected chi connectivity index (χ4v) is 3.87. The van der Waals surface area contributed by atoms with E-state index < -0.39 is 0 Å². The minimum atomic E-state index is -0.185. The summed E-state index contributed by atoms with van der Waals surface area (Å²) in [5, 5.41) is 4.28. The molecule has 0 amide bonds. The topological polar surface area (TPSA) is 15.3 Å². The van der Waals surface area contributed by atoms with E-state index in [1.165, 1.54) is 31.7 Å². The fourth-order valence-electron chi connectivity index (χ4n) is 3.65. The van der Waals surface area contributed by atoms with Crippen LogP contribution in [-0.2, 0) is 6.54 Å². The molecule has 110 valence electrons. The van der Waals surface area contributed by atoms with Crippen LogP contribution in [0.5, 0.6) is 0 Å². The van der Waals surface area contributed by atoms with Gasteiger partial charge < -0.3 is 5.32 Å². The summed E-state index contributed by atoms with van der Waals surface area (Å²) in [6.07, 6.45) is 6.22. The van der Waals surface area contributed by atoms with Gasteiger partial charge in [-0.05, 0) is 44.5 Å². The number of hydrogen-bond acceptors (Lipinski definition) is 2. The highest BCUT2D eigenvalue weighted by Gasteiger charge is 2.36. The predicted octanol–water partition coefficient (Wildman–Crippen LogP) is 3.59. The summed E-state index contributed by atoms with van der Waals surface area (Å²) in [5.74, 6) is -0.185. The largest absolute Gasteiger partial charge is 0.310 e. The molecule has 2 aliphatic rings. The fraction of sp³-hybridized carbons (Fsp3) is 0.625. The van der Waals surface area contributed by atoms with Gasteiger partial charge in [0, 0.05) is 29.2 Å². The average molecular weight is 297 g/mol. The van der Waals surface area contributed by atoms with Crippen molar-refractivity contribution in [2.24, 2.45) is 0 Å². The molecule has 0 atom stereocenters. The van der Waals surface area contributed by atoms with E-state index in [9.17, 15) is 4.39 Å². The van der Waals surface area contributed by atoms with E-state index in [4.69, 9.17) is 11.6 Å². The van der Waals surface area contributed by atoms with Crippen molar-refractivity contribution >= 4 is 11.6 Å². The van der Waals surface area contributed by atoms with Gasteiger partial charge in [-0.15, -0.1) is 0 Å². The number of nitrogens with zero attached hydrogens (tertiary/aromatic N) is 1. The first-order valence-electron chi connectivity index (χ1n) is 7.59. The average Bonchev–Trinajstić information content (AvgIpc) is 2.77. The molecule has 0 unspecified atom stereocenters. The van der Waals surface area contributed by atoms with Crippen molar-refractivity contribution in [2.75, 3.05) is 19.6 Å². The molecule has 3 rings (SSSR count). The number of halogens is 2. The molecule has 0 radical (unpaired) electrons. The number of nitrogens with one attached hydrogen (secondary N) is 1. The Labute approximate surface area is 125 Å². The Morgan fingerprint density at radius 3 is 2.80 bits per heavy atom. The summed E-state index contributed by atoms with van der Waals surface area (Å²) in [6.45, 7) is 3.72. The van der Waals surface area contributed by atoms with E-state index in [1.807, 2.05) is 0 Å². The monoisotopic (exact) mass is 296 g/mol. The maximum absolute atomic E-state index is 13.9. The van der Waals surface area contributed by atoms with Gasteiger partial charge in [0.15, 0.2) is 0 Å². The van der Waals surface area contributed by atoms with Crippen LogP contribution in [0.2, 0.25) is 5.02 Å². The summed E-state index contributed by atoms with van der Waals surface area (Å²) >= 11 is 6.16. The zero-order valence-corrected chi connectivity index (χ0v) is 12.6. The lowest BCUT2D eigenvalue weighted by Crippen LogP contribution is -2.49. The quantitative estimate of drug-likeness (QED) is 0.897. The highest BCUT2D eigenvalue weighted by Crippen LogP contribution is 2.32. The Morgan fingerprint density at radius 1 is 1.25 bits per heavy atom. The summed E-state index contributed by atoms with van der Waals surface area (Å²) in [7, 11) is 0. The van der Waals surface area contributed by atoms with Crippen molar-refractivity contribution in [3.05, 3.63) is 34.6 Å². The Morgan fingerprint density at radius 2 is 2.05 bits per heavy atom. The van der Waals surface area contributed by atoms with Crippen LogP contribution in [0.1, 0.15) is 37.7 Å². The maximum Gasteiger partial charge on any atom is 0.129 e. The van der Waals surface area contributed by atoms with Crippen LogP contribution in [0, 0.1) is 5.82 Å². The zero-order chi connectivity index (χ0) is 14.0. The van der Waals surface area contributed by atoms with E-state index in [2.05, 4.69) is 10.2 Å². The first-order chi connectivity index (χ1) is 9.69. The summed E-state index contributed by atoms with van der Waals surface area (Å²) in [6, 6.07) is 4.95. The van der Waals surface area contributed by atoms with Crippen LogP contribution in [0.3, 0.4) is 0 Å². The van der Waals surface area contributed by atoms with Crippen molar-refractivity contribution in [3.63, 3.8) is 0 Å². The van der Waals surface area contributed by atoms with E-state index in [0.29, 0.717) is 17.1 Å². The van der Waals surface area contributed by atoms with E-state index in [1.54, 1.807) is 12.1 Å². The highest BCUT2D eigenvalue weighted by atomic mass is 35.5. The zero-order valence-electron chi connectivity index (χ0n) is 11.8. The van der Waals surface area contributed by atoms with Gasteiger partial charge in [0.1, 0.15) is 5.82 Å². The molecule has 1 heterocycles. The van der Waals surface area contributed by atoms with Gasteiger partial charge >= 0.3 is 0 Å². The molecule has 1 aromatic rings. The molecule has 20 heavy (non-hydrogen) atoms. The van der Waals surface area contributed by atoms with Crippen molar-refractivity contribution in [3.8, 4) is 0 Å². The number of benzene rings is 1. The molecule has 1 aliphatic carbocycles. The molecule has 0 aromatic heterocycles. The lowest BCUT2D eigenvalue weighted by atomic mass is 9.97. The van der Waals surface area contributed by atoms with E-state index in [0.717, 1.165) is 26.1 Å². The molecule has 0 bridgehead atoms. The Bertz CT molecular complexity index is 451. The second kappa shape index (κ2) is 6.00. The van der Waals surface area contributed by atoms with Gasteiger partial charge in [-0.1, -0.05) is 30.5 Å². The predicted molar refractivity (Wildman–Crippen MR) is 80.5 cm³/mol. The normalized spacial score (nSPS) is 23.1. The van der Waals surface area contributed by atoms with Crippen LogP contribution >= 0.6 is 11.6 Å². The van der Waals surface area contributed by atoms with Crippen LogP contribution < -0.4 is 5.32 Å². The minimum absolute atomic E-state index is 0.185. The lowest BCUT2D eigenvalue weighted by Gasteiger charge is -2.33. The second-order valence-corrected chi connectivity index (χ2v) is 6.59. The smallest absolute Gasteiger partial charge is 0.129 e. The van der Waals surface area contributed by atoms with Gasteiger partial charge in [0.2, 0.25) is 0 Å². The van der Waals surface area contributed by atoms with Crippen LogP contribution in [0.25, 0.3) is 0 Å². The van der Waals surface area contributed by atoms with Gasteiger partial charge in [0.25, 0.3) is 0 Å². The second-order valence-electron chi connectivity index (χ2n) is 6.18. The van der Waals surface area contributed by atoms with E-state index >= 15 is 0 Å². The standard InChI is InChI=1S/C16H22ClFN2/c17-14-5-3-6-15(18)13(14)11-20-10-4-9-19-16(12-20)7-1-2-8-16/h3,5-6,19H,1-2,4,7-12H2. The molecule has 1 saturated carbocycles. The molecule has 1 aromatic carbocycles. The van der Waals surface area contributed by atoms with Gasteiger partial charge in [-0.25, -0.2) is 4.39 Å². The van der Waals surface area contributed by atoms with Crippen LogP contribution in [0.15, 0.2) is 18.2 Å². The number of rotatable bonds is 2. The summed E-state index contributed by atoms with van der Waals surface area (Å²) in [5.41, 5.74) is 0.901. The molecule has 1 N–H and O–H groups in total. The molecular formula is C16H22ClFN2. The molecule has 4 heteroatoms. The summed E-state index contributed by atoms with van der Waals surface area (Å²) in [4.78, 5) is 2.37. The van der Waals surface area contributed by atoms with Gasteiger partial charge in [0.05, 0.1) is 0 Å². The highest BCUT2D eigenvalue weighted by molar-refractivity contribution is 6.31. The molecular weight excluding hydrogens is 275 g/mol. The SMILES string of the molecule is Fc1cccc(Cl)c1CN1CCCNC2(CCCC2)C1. The minimum Gasteiger partial charge on any atom is -0.310 e. The van der Waals surface area contributed by atoms with Crippen LogP contribution in [0.4, 0.5) is 4.39 Å². The molecule has 2 nitrogen and oxygen atoms in total. The summed E-state index contributed by atoms with van der Waals surface area (Å²) < 4.78 is 13.9. The van der Waals surface area contributed by atoms with Gasteiger partial charge in [-0.2, -0.15) is 0 Å². The van der Waals surface area contributed by atoms with Crippen molar-refractivity contribution in [1.29, 1.82) is 0 Å². The van der Waals surface area contributed by atoms with Crippen molar-refractivity contribution in [1.82, 2.24) is 10.2 Å². The first kappa shape index (κ1) is 14.3. The number of hydrogen-bond donors (Lipinski definition) is 1. The van der Waals surface area contributed by atoms with E-state index in [-0.39, 0.29) is 11.4 Å². The Balaban J connectivity index is 1.75. The Kier molecular flexibility index (Phi) is 4.29. The first-order valence-corrected chi connectivity index (χ1v) is 7.97. The van der Waals surface area contributed by atoms with Gasteiger partial charge in [-0.3, -0.25) is 4.90 Å². The lowest BCUT2D eigenvalue weighted by molar-refractivity contribution is 0.201.